The average Bonchev–Trinajstić information content (AvgIpc) is 1.38. The topological polar surface area (TPSA) is 37.3 Å². The van der Waals surface area contributed by atoms with Crippen molar-refractivity contribution in [2.75, 3.05) is 0 Å². The van der Waals surface area contributed by atoms with Gasteiger partial charge in [0.1, 0.15) is 0 Å². The van der Waals surface area contributed by atoms with Crippen molar-refractivity contribution >= 4 is 38.2 Å². The fraction of sp³-hybridized carbons (Fsp3) is 0. The van der Waals surface area contributed by atoms with Crippen molar-refractivity contribution < 1.29 is 7.84 Å². The monoisotopic (exact) mass is 260 g/mol. The Morgan fingerprint density at radius 2 is 2.20 bits per heavy atom. The second-order valence-electron chi connectivity index (χ2n) is 0.394. The molecule has 0 aliphatic heterocycles. The summed E-state index contributed by atoms with van der Waals surface area (Å²) in [5.74, 6) is 0. The Bertz CT molecular complexity index is 55.9. The van der Waals surface area contributed by atoms with Gasteiger partial charge in [0.25, 0.3) is 0 Å². The van der Waals surface area contributed by atoms with Gasteiger partial charge in [-0.15, -0.1) is 0 Å². The molecule has 0 heterocycles. The van der Waals surface area contributed by atoms with Gasteiger partial charge in [-0.05, 0) is 0 Å². The molecule has 0 radical (unpaired) electrons. The van der Waals surface area contributed by atoms with Gasteiger partial charge >= 0.3 is 46.0 Å². The van der Waals surface area contributed by atoms with Crippen LogP contribution in [0.25, 0.3) is 0 Å². The van der Waals surface area contributed by atoms with Crippen molar-refractivity contribution in [3.05, 3.63) is 0 Å². The van der Waals surface area contributed by atoms with E-state index in [9.17, 15) is 3.74 Å². The summed E-state index contributed by atoms with van der Waals surface area (Å²) >= 11 is -0.882. The predicted molar refractivity (Wildman–Crippen MR) is 23.0 cm³/mol. The summed E-state index contributed by atoms with van der Waals surface area (Å²) in [6.07, 6.45) is 0. The van der Waals surface area contributed by atoms with Crippen LogP contribution in [0, 0.1) is 0 Å². The van der Waals surface area contributed by atoms with E-state index in [0.29, 0.717) is 0 Å². The van der Waals surface area contributed by atoms with Gasteiger partial charge in [-0.1, -0.05) is 0 Å². The quantitative estimate of drug-likeness (QED) is 0.536. The third kappa shape index (κ3) is 5.44. The third-order valence-corrected chi connectivity index (χ3v) is 13.4. The zero-order valence-electron chi connectivity index (χ0n) is 2.30. The summed E-state index contributed by atoms with van der Waals surface area (Å²) in [6, 6.07) is 0. The molecule has 0 aromatic heterocycles. The van der Waals surface area contributed by atoms with Crippen molar-refractivity contribution in [1.29, 1.82) is 0 Å². The van der Waals surface area contributed by atoms with Crippen LogP contribution in [0.4, 0.5) is 0 Å². The summed E-state index contributed by atoms with van der Waals surface area (Å²) in [4.78, 5) is 0. The molecule has 0 rings (SSSR count). The molecule has 5 heavy (non-hydrogen) atoms. The maximum absolute atomic E-state index is 9.66. The van der Waals surface area contributed by atoms with Gasteiger partial charge in [-0.2, -0.15) is 0 Å². The van der Waals surface area contributed by atoms with E-state index in [2.05, 4.69) is 0 Å². The zero-order chi connectivity index (χ0) is 4.28. The number of rotatable bonds is 1. The van der Waals surface area contributed by atoms with Gasteiger partial charge < -0.3 is 0 Å². The predicted octanol–water partition coefficient (Wildman–Crippen LogP) is -2.35. The molecule has 0 aromatic carbocycles. The summed E-state index contributed by atoms with van der Waals surface area (Å²) in [7, 11) is 0. The van der Waals surface area contributed by atoms with E-state index in [1.165, 1.54) is 0 Å². The molecule has 0 bridgehead atoms. The molecule has 0 amide bonds. The summed E-state index contributed by atoms with van der Waals surface area (Å²) < 4.78 is 17.7. The Morgan fingerprint density at radius 1 is 2.00 bits per heavy atom. The van der Waals surface area contributed by atoms with Crippen molar-refractivity contribution in [3.8, 4) is 0 Å². The van der Waals surface area contributed by atoms with E-state index in [-0.39, 0.29) is 11.1 Å². The minimum absolute atomic E-state index is 0.174. The van der Waals surface area contributed by atoms with Crippen LogP contribution < -0.4 is 0 Å². The molecule has 0 aromatic rings. The maximum atomic E-state index is 9.66. The van der Waals surface area contributed by atoms with Crippen LogP contribution in [-0.4, -0.2) is 42.3 Å². The van der Waals surface area contributed by atoms with Crippen LogP contribution in [0.15, 0.2) is 0 Å². The molecule has 1 atom stereocenters. The molecule has 0 fully saturated rings. The van der Waals surface area contributed by atoms with Crippen molar-refractivity contribution in [3.63, 3.8) is 0 Å². The average molecular weight is 260 g/mol. The van der Waals surface area contributed by atoms with Crippen LogP contribution in [0.1, 0.15) is 0 Å². The first kappa shape index (κ1) is 6.44. The van der Waals surface area contributed by atoms with E-state index in [4.69, 9.17) is 4.10 Å². The molecular formula is H3As3O2. The Kier molecular flexibility index (Phi) is 4.66. The van der Waals surface area contributed by atoms with Crippen molar-refractivity contribution in [1.82, 2.24) is 0 Å². The Hall–Kier alpha value is 1.44. The van der Waals surface area contributed by atoms with E-state index in [1.807, 2.05) is 0 Å². The molecule has 0 saturated heterocycles. The fourth-order valence-corrected chi connectivity index (χ4v) is 0. The molecule has 0 saturated carbocycles. The standard InChI is InChI=1S/As3H3O2/c1-2-3(4)5/h1,3H,(H,4,5). The van der Waals surface area contributed by atoms with Crippen LogP contribution in [-0.2, 0) is 3.74 Å². The molecular weight excluding hydrogens is 257 g/mol. The Balaban J connectivity index is 3.20. The van der Waals surface area contributed by atoms with E-state index in [0.717, 1.165) is 0 Å². The summed E-state index contributed by atoms with van der Waals surface area (Å²) in [6.45, 7) is 0. The SMILES string of the molecule is O=[AsH](O)[As]=[AsH]. The van der Waals surface area contributed by atoms with Crippen LogP contribution in [0.5, 0.6) is 0 Å². The van der Waals surface area contributed by atoms with Crippen LogP contribution in [0.3, 0.4) is 0 Å². The van der Waals surface area contributed by atoms with Crippen molar-refractivity contribution in [2.45, 2.75) is 0 Å². The van der Waals surface area contributed by atoms with Gasteiger partial charge in [-0.3, -0.25) is 0 Å². The first-order valence-electron chi connectivity index (χ1n) is 0.875. The van der Waals surface area contributed by atoms with E-state index < -0.39 is 12.9 Å². The Morgan fingerprint density at radius 3 is 2.20 bits per heavy atom. The third-order valence-electron chi connectivity index (χ3n) is 0.0956. The number of hydrogen-bond donors (Lipinski definition) is 1. The normalized spacial score (nSPS) is 15.4. The minimum atomic E-state index is -2.51. The summed E-state index contributed by atoms with van der Waals surface area (Å²) in [5.41, 5.74) is 0. The van der Waals surface area contributed by atoms with E-state index >= 15 is 0 Å². The second kappa shape index (κ2) is 3.62. The molecule has 0 aliphatic carbocycles. The molecule has 5 heteroatoms. The second-order valence-corrected chi connectivity index (χ2v) is 21.3. The van der Waals surface area contributed by atoms with Gasteiger partial charge in [0.05, 0.1) is 0 Å². The zero-order valence-corrected chi connectivity index (χ0v) is 8.38. The molecule has 0 aliphatic rings. The number of hydrogen-bond acceptors (Lipinski definition) is 1. The first-order chi connectivity index (χ1) is 2.27. The summed E-state index contributed by atoms with van der Waals surface area (Å²) in [5, 5.41) is 0. The molecule has 1 N–H and O–H groups in total. The van der Waals surface area contributed by atoms with Gasteiger partial charge in [0.2, 0.25) is 0 Å². The molecule has 1 unspecified atom stereocenters. The van der Waals surface area contributed by atoms with Gasteiger partial charge in [0.15, 0.2) is 0 Å². The molecule has 30 valence electrons. The molecule has 0 spiro atoms. The van der Waals surface area contributed by atoms with Gasteiger partial charge in [-0.25, -0.2) is 0 Å². The fourth-order valence-electron chi connectivity index (χ4n) is 0. The molecule has 2 nitrogen and oxygen atoms in total. The van der Waals surface area contributed by atoms with Crippen LogP contribution >= 0.6 is 0 Å². The van der Waals surface area contributed by atoms with Crippen LogP contribution in [0.2, 0.25) is 0 Å². The van der Waals surface area contributed by atoms with Crippen molar-refractivity contribution in [2.24, 2.45) is 0 Å². The first-order valence-corrected chi connectivity index (χ1v) is 14.3. The Labute approximate surface area is 45.8 Å². The van der Waals surface area contributed by atoms with Gasteiger partial charge in [0, 0.05) is 0 Å². The van der Waals surface area contributed by atoms with E-state index in [1.54, 1.807) is 14.2 Å².